The number of aromatic nitrogens is 2. The van der Waals surface area contributed by atoms with Gasteiger partial charge >= 0.3 is 0 Å². The summed E-state index contributed by atoms with van der Waals surface area (Å²) in [5.74, 6) is -0.0649. The molecule has 0 fully saturated rings. The fourth-order valence-electron chi connectivity index (χ4n) is 1.88. The summed E-state index contributed by atoms with van der Waals surface area (Å²) in [6.45, 7) is 0.690. The van der Waals surface area contributed by atoms with E-state index in [1.165, 1.54) is 0 Å². The predicted molar refractivity (Wildman–Crippen MR) is 90.1 cm³/mol. The molecule has 0 spiro atoms. The van der Waals surface area contributed by atoms with Crippen molar-refractivity contribution in [1.29, 1.82) is 0 Å². The number of nitrogens with one attached hydrogen (secondary N) is 1. The first-order chi connectivity index (χ1) is 10.1. The lowest BCUT2D eigenvalue weighted by atomic mass is 10.1. The standard InChI is InChI=1S/C14H15BrN4OS/c15-10-8-17-19(9-10)7-3-6-13(20)18-12-5-2-1-4-11(12)14(16)21/h1-2,4-5,8-9H,3,6-7H2,(H2,16,21)(H,18,20). The van der Waals surface area contributed by atoms with Crippen molar-refractivity contribution in [2.24, 2.45) is 5.73 Å². The first kappa shape index (κ1) is 15.7. The maximum atomic E-state index is 11.9. The number of anilines is 1. The molecule has 1 heterocycles. The second kappa shape index (κ2) is 7.33. The number of hydrogen-bond donors (Lipinski definition) is 2. The van der Waals surface area contributed by atoms with Crippen LogP contribution in [0.5, 0.6) is 0 Å². The monoisotopic (exact) mass is 366 g/mol. The highest BCUT2D eigenvalue weighted by molar-refractivity contribution is 9.10. The number of para-hydroxylation sites is 1. The molecule has 0 aliphatic rings. The second-order valence-electron chi connectivity index (χ2n) is 4.48. The smallest absolute Gasteiger partial charge is 0.224 e. The zero-order valence-electron chi connectivity index (χ0n) is 11.3. The molecule has 21 heavy (non-hydrogen) atoms. The SMILES string of the molecule is NC(=S)c1ccccc1NC(=O)CCCn1cc(Br)cn1. The van der Waals surface area contributed by atoms with Crippen LogP contribution >= 0.6 is 28.1 Å². The lowest BCUT2D eigenvalue weighted by molar-refractivity contribution is -0.116. The van der Waals surface area contributed by atoms with Crippen molar-refractivity contribution < 1.29 is 4.79 Å². The minimum absolute atomic E-state index is 0.0649. The van der Waals surface area contributed by atoms with E-state index in [0.29, 0.717) is 30.6 Å². The molecule has 0 saturated carbocycles. The third-order valence-corrected chi connectivity index (χ3v) is 3.49. The highest BCUT2D eigenvalue weighted by Gasteiger charge is 2.08. The van der Waals surface area contributed by atoms with E-state index in [4.69, 9.17) is 18.0 Å². The maximum Gasteiger partial charge on any atom is 0.224 e. The molecule has 0 radical (unpaired) electrons. The molecule has 0 unspecified atom stereocenters. The third-order valence-electron chi connectivity index (χ3n) is 2.86. The van der Waals surface area contributed by atoms with Crippen molar-refractivity contribution in [1.82, 2.24) is 9.78 Å². The molecule has 0 atom stereocenters. The van der Waals surface area contributed by atoms with Crippen LogP contribution in [-0.2, 0) is 11.3 Å². The number of carbonyl (C=O) groups excluding carboxylic acids is 1. The second-order valence-corrected chi connectivity index (χ2v) is 5.84. The van der Waals surface area contributed by atoms with Gasteiger partial charge in [-0.1, -0.05) is 24.4 Å². The summed E-state index contributed by atoms with van der Waals surface area (Å²) < 4.78 is 2.72. The van der Waals surface area contributed by atoms with Crippen LogP contribution in [0.25, 0.3) is 0 Å². The number of benzene rings is 1. The minimum Gasteiger partial charge on any atom is -0.389 e. The van der Waals surface area contributed by atoms with E-state index >= 15 is 0 Å². The molecule has 110 valence electrons. The molecule has 1 aromatic heterocycles. The van der Waals surface area contributed by atoms with Crippen LogP contribution in [0.4, 0.5) is 5.69 Å². The van der Waals surface area contributed by atoms with E-state index in [1.807, 2.05) is 18.3 Å². The molecular formula is C14H15BrN4OS. The molecule has 1 amide bonds. The van der Waals surface area contributed by atoms with Crippen molar-refractivity contribution in [2.75, 3.05) is 5.32 Å². The summed E-state index contributed by atoms with van der Waals surface area (Å²) in [6.07, 6.45) is 4.71. The Morgan fingerprint density at radius 2 is 2.19 bits per heavy atom. The van der Waals surface area contributed by atoms with Crippen LogP contribution in [0.15, 0.2) is 41.1 Å². The van der Waals surface area contributed by atoms with E-state index in [0.717, 1.165) is 4.47 Å². The molecule has 7 heteroatoms. The largest absolute Gasteiger partial charge is 0.389 e. The van der Waals surface area contributed by atoms with Gasteiger partial charge in [0, 0.05) is 24.7 Å². The summed E-state index contributed by atoms with van der Waals surface area (Å²) in [6, 6.07) is 7.24. The number of aryl methyl sites for hydroxylation is 1. The van der Waals surface area contributed by atoms with Crippen LogP contribution in [0.2, 0.25) is 0 Å². The Hall–Kier alpha value is -1.73. The minimum atomic E-state index is -0.0649. The van der Waals surface area contributed by atoms with E-state index < -0.39 is 0 Å². The molecule has 5 nitrogen and oxygen atoms in total. The van der Waals surface area contributed by atoms with Crippen molar-refractivity contribution in [3.8, 4) is 0 Å². The lowest BCUT2D eigenvalue weighted by Gasteiger charge is -2.09. The van der Waals surface area contributed by atoms with Gasteiger partial charge in [0.05, 0.1) is 16.4 Å². The Bertz CT molecular complexity index is 656. The predicted octanol–water partition coefficient (Wildman–Crippen LogP) is 2.70. The average molecular weight is 367 g/mol. The Balaban J connectivity index is 1.86. The van der Waals surface area contributed by atoms with Crippen LogP contribution in [0.3, 0.4) is 0 Å². The Labute approximate surface area is 136 Å². The molecule has 2 aromatic rings. The number of rotatable bonds is 6. The zero-order chi connectivity index (χ0) is 15.2. The summed E-state index contributed by atoms with van der Waals surface area (Å²) >= 11 is 8.30. The van der Waals surface area contributed by atoms with E-state index in [9.17, 15) is 4.79 Å². The van der Waals surface area contributed by atoms with Crippen molar-refractivity contribution in [3.63, 3.8) is 0 Å². The van der Waals surface area contributed by atoms with Crippen molar-refractivity contribution in [2.45, 2.75) is 19.4 Å². The Kier molecular flexibility index (Phi) is 5.46. The number of thiocarbonyl (C=S) groups is 1. The number of hydrogen-bond acceptors (Lipinski definition) is 3. The fraction of sp³-hybridized carbons (Fsp3) is 0.214. The summed E-state index contributed by atoms with van der Waals surface area (Å²) in [5.41, 5.74) is 6.96. The van der Waals surface area contributed by atoms with Crippen LogP contribution in [0, 0.1) is 0 Å². The van der Waals surface area contributed by atoms with Gasteiger partial charge in [0.2, 0.25) is 5.91 Å². The maximum absolute atomic E-state index is 11.9. The van der Waals surface area contributed by atoms with Gasteiger partial charge in [0.1, 0.15) is 4.99 Å². The fourth-order valence-corrected chi connectivity index (χ4v) is 2.39. The number of carbonyl (C=O) groups is 1. The molecule has 0 aliphatic heterocycles. The molecular weight excluding hydrogens is 352 g/mol. The van der Waals surface area contributed by atoms with E-state index in [2.05, 4.69) is 26.3 Å². The molecule has 0 bridgehead atoms. The van der Waals surface area contributed by atoms with Gasteiger partial charge in [0.25, 0.3) is 0 Å². The van der Waals surface area contributed by atoms with Crippen molar-refractivity contribution >= 4 is 44.7 Å². The van der Waals surface area contributed by atoms with Crippen LogP contribution in [-0.4, -0.2) is 20.7 Å². The van der Waals surface area contributed by atoms with Crippen LogP contribution < -0.4 is 11.1 Å². The number of halogens is 1. The molecule has 0 saturated heterocycles. The number of nitrogens with zero attached hydrogens (tertiary/aromatic N) is 2. The lowest BCUT2D eigenvalue weighted by Crippen LogP contribution is -2.17. The summed E-state index contributed by atoms with van der Waals surface area (Å²) in [7, 11) is 0. The van der Waals surface area contributed by atoms with Gasteiger partial charge in [-0.3, -0.25) is 9.48 Å². The topological polar surface area (TPSA) is 72.9 Å². The van der Waals surface area contributed by atoms with Gasteiger partial charge in [-0.2, -0.15) is 5.10 Å². The Morgan fingerprint density at radius 3 is 2.86 bits per heavy atom. The van der Waals surface area contributed by atoms with Crippen LogP contribution in [0.1, 0.15) is 18.4 Å². The molecule has 0 aliphatic carbocycles. The first-order valence-electron chi connectivity index (χ1n) is 6.43. The van der Waals surface area contributed by atoms with Gasteiger partial charge in [-0.05, 0) is 34.5 Å². The highest BCUT2D eigenvalue weighted by atomic mass is 79.9. The number of amides is 1. The Morgan fingerprint density at radius 1 is 1.43 bits per heavy atom. The van der Waals surface area contributed by atoms with Gasteiger partial charge in [-0.25, -0.2) is 0 Å². The molecule has 2 rings (SSSR count). The summed E-state index contributed by atoms with van der Waals surface area (Å²) in [5, 5.41) is 6.98. The van der Waals surface area contributed by atoms with E-state index in [1.54, 1.807) is 23.0 Å². The van der Waals surface area contributed by atoms with Gasteiger partial charge in [0.15, 0.2) is 0 Å². The highest BCUT2D eigenvalue weighted by Crippen LogP contribution is 2.15. The quantitative estimate of drug-likeness (QED) is 0.770. The normalized spacial score (nSPS) is 10.3. The van der Waals surface area contributed by atoms with Gasteiger partial charge in [-0.15, -0.1) is 0 Å². The third kappa shape index (κ3) is 4.64. The van der Waals surface area contributed by atoms with E-state index in [-0.39, 0.29) is 10.9 Å². The van der Waals surface area contributed by atoms with Gasteiger partial charge < -0.3 is 11.1 Å². The first-order valence-corrected chi connectivity index (χ1v) is 7.63. The molecule has 1 aromatic carbocycles. The summed E-state index contributed by atoms with van der Waals surface area (Å²) in [4.78, 5) is 12.2. The number of nitrogens with two attached hydrogens (primary N) is 1. The average Bonchev–Trinajstić information content (AvgIpc) is 2.85. The van der Waals surface area contributed by atoms with Crippen molar-refractivity contribution in [3.05, 3.63) is 46.7 Å². The zero-order valence-corrected chi connectivity index (χ0v) is 13.7. The molecule has 3 N–H and O–H groups in total.